The van der Waals surface area contributed by atoms with E-state index in [-0.39, 0.29) is 11.8 Å². The van der Waals surface area contributed by atoms with Crippen LogP contribution in [0.2, 0.25) is 0 Å². The lowest BCUT2D eigenvalue weighted by molar-refractivity contribution is -0.125. The molecule has 4 rings (SSSR count). The Morgan fingerprint density at radius 2 is 1.90 bits per heavy atom. The smallest absolute Gasteiger partial charge is 0.223 e. The highest BCUT2D eigenvalue weighted by Gasteiger charge is 2.20. The second kappa shape index (κ2) is 9.29. The maximum Gasteiger partial charge on any atom is 0.223 e. The van der Waals surface area contributed by atoms with Gasteiger partial charge in [0.15, 0.2) is 0 Å². The second-order valence-electron chi connectivity index (χ2n) is 8.48. The third-order valence-electron chi connectivity index (χ3n) is 6.28. The molecule has 0 spiro atoms. The highest BCUT2D eigenvalue weighted by atomic mass is 16.1. The molecule has 2 aromatic carbocycles. The molecular weight excluding hydrogens is 370 g/mol. The first-order valence-corrected chi connectivity index (χ1v) is 11.1. The standard InChI is InChI=1S/C26H31N3O/c1-18-8-5-6-12-23(18)20-13-14-24-22(16-20)17-21(25(27)29-24)11-7-15-28-26(30)19-9-3-2-4-10-19/h5-6,8,12-14,16-17,19H,2-4,7,9-11,15H2,1H3,(H2,27,29)(H,28,30). The minimum atomic E-state index is 0.214. The minimum absolute atomic E-state index is 0.214. The maximum absolute atomic E-state index is 12.3. The Hall–Kier alpha value is -2.88. The lowest BCUT2D eigenvalue weighted by Gasteiger charge is -2.20. The van der Waals surface area contributed by atoms with E-state index < -0.39 is 0 Å². The zero-order valence-electron chi connectivity index (χ0n) is 17.8. The fourth-order valence-electron chi connectivity index (χ4n) is 4.50. The fourth-order valence-corrected chi connectivity index (χ4v) is 4.50. The van der Waals surface area contributed by atoms with Crippen LogP contribution in [0.3, 0.4) is 0 Å². The number of nitrogens with one attached hydrogen (secondary N) is 1. The van der Waals surface area contributed by atoms with E-state index in [0.717, 1.165) is 42.1 Å². The van der Waals surface area contributed by atoms with Crippen LogP contribution in [-0.4, -0.2) is 17.4 Å². The third-order valence-corrected chi connectivity index (χ3v) is 6.28. The van der Waals surface area contributed by atoms with Gasteiger partial charge in [0.05, 0.1) is 5.52 Å². The highest BCUT2D eigenvalue weighted by Crippen LogP contribution is 2.28. The van der Waals surface area contributed by atoms with Crippen molar-refractivity contribution < 1.29 is 4.79 Å². The molecule has 3 aromatic rings. The van der Waals surface area contributed by atoms with E-state index in [1.54, 1.807) is 0 Å². The van der Waals surface area contributed by atoms with Gasteiger partial charge in [0.2, 0.25) is 5.91 Å². The van der Waals surface area contributed by atoms with Crippen molar-refractivity contribution >= 4 is 22.6 Å². The Balaban J connectivity index is 1.43. The normalized spacial score (nSPS) is 14.7. The summed E-state index contributed by atoms with van der Waals surface area (Å²) in [5, 5.41) is 4.22. The van der Waals surface area contributed by atoms with Crippen molar-refractivity contribution in [3.63, 3.8) is 0 Å². The molecule has 0 bridgehead atoms. The molecule has 0 aliphatic heterocycles. The SMILES string of the molecule is Cc1ccccc1-c1ccc2nc(N)c(CCCNC(=O)C3CCCCC3)cc2c1. The number of nitrogens with zero attached hydrogens (tertiary/aromatic N) is 1. The van der Waals surface area contributed by atoms with E-state index in [2.05, 4.69) is 59.7 Å². The average Bonchev–Trinajstić information content (AvgIpc) is 2.77. The van der Waals surface area contributed by atoms with Crippen molar-refractivity contribution in [3.05, 3.63) is 59.7 Å². The number of fused-ring (bicyclic) bond motifs is 1. The van der Waals surface area contributed by atoms with Gasteiger partial charge >= 0.3 is 0 Å². The molecule has 1 heterocycles. The zero-order valence-corrected chi connectivity index (χ0v) is 17.8. The van der Waals surface area contributed by atoms with E-state index in [9.17, 15) is 4.79 Å². The van der Waals surface area contributed by atoms with Gasteiger partial charge in [0.1, 0.15) is 5.82 Å². The van der Waals surface area contributed by atoms with Crippen molar-refractivity contribution in [2.75, 3.05) is 12.3 Å². The van der Waals surface area contributed by atoms with Gasteiger partial charge in [0, 0.05) is 17.8 Å². The van der Waals surface area contributed by atoms with E-state index in [1.165, 1.54) is 36.0 Å². The number of hydrogen-bond acceptors (Lipinski definition) is 3. The van der Waals surface area contributed by atoms with Gasteiger partial charge in [-0.2, -0.15) is 0 Å². The van der Waals surface area contributed by atoms with Crippen LogP contribution in [0, 0.1) is 12.8 Å². The lowest BCUT2D eigenvalue weighted by atomic mass is 9.88. The Morgan fingerprint density at radius 1 is 1.10 bits per heavy atom. The van der Waals surface area contributed by atoms with Crippen LogP contribution in [0.5, 0.6) is 0 Å². The van der Waals surface area contributed by atoms with Crippen molar-refractivity contribution in [2.45, 2.75) is 51.9 Å². The molecule has 1 saturated carbocycles. The number of aryl methyl sites for hydroxylation is 2. The summed E-state index contributed by atoms with van der Waals surface area (Å²) in [6, 6.07) is 16.9. The third kappa shape index (κ3) is 4.64. The first-order valence-electron chi connectivity index (χ1n) is 11.1. The van der Waals surface area contributed by atoms with Gasteiger partial charge in [-0.1, -0.05) is 49.6 Å². The summed E-state index contributed by atoms with van der Waals surface area (Å²) in [5.41, 5.74) is 11.9. The lowest BCUT2D eigenvalue weighted by Crippen LogP contribution is -2.32. The van der Waals surface area contributed by atoms with Crippen molar-refractivity contribution in [3.8, 4) is 11.1 Å². The summed E-state index contributed by atoms with van der Waals surface area (Å²) in [6.45, 7) is 2.82. The molecule has 156 valence electrons. The molecule has 0 unspecified atom stereocenters. The molecule has 0 atom stereocenters. The molecule has 3 N–H and O–H groups in total. The number of nitrogen functional groups attached to an aromatic ring is 1. The Kier molecular flexibility index (Phi) is 6.32. The summed E-state index contributed by atoms with van der Waals surface area (Å²) in [5.74, 6) is 1.03. The fraction of sp³-hybridized carbons (Fsp3) is 0.385. The van der Waals surface area contributed by atoms with Gasteiger partial charge in [-0.05, 0) is 73.1 Å². The summed E-state index contributed by atoms with van der Waals surface area (Å²) in [4.78, 5) is 16.9. The summed E-state index contributed by atoms with van der Waals surface area (Å²) >= 11 is 0. The molecule has 1 fully saturated rings. The van der Waals surface area contributed by atoms with Gasteiger partial charge in [-0.25, -0.2) is 4.98 Å². The van der Waals surface area contributed by atoms with Crippen LogP contribution < -0.4 is 11.1 Å². The van der Waals surface area contributed by atoms with E-state index in [1.807, 2.05) is 6.07 Å². The monoisotopic (exact) mass is 401 g/mol. The summed E-state index contributed by atoms with van der Waals surface area (Å²) in [6.07, 6.45) is 7.39. The van der Waals surface area contributed by atoms with Crippen molar-refractivity contribution in [1.29, 1.82) is 0 Å². The molecule has 1 aliphatic rings. The quantitative estimate of drug-likeness (QED) is 0.542. The van der Waals surface area contributed by atoms with Gasteiger partial charge < -0.3 is 11.1 Å². The highest BCUT2D eigenvalue weighted by molar-refractivity contribution is 5.87. The largest absolute Gasteiger partial charge is 0.383 e. The molecule has 1 aliphatic carbocycles. The van der Waals surface area contributed by atoms with Crippen LogP contribution >= 0.6 is 0 Å². The van der Waals surface area contributed by atoms with Gasteiger partial charge in [0.25, 0.3) is 0 Å². The number of benzene rings is 2. The van der Waals surface area contributed by atoms with E-state index in [0.29, 0.717) is 12.4 Å². The predicted octanol–water partition coefficient (Wildman–Crippen LogP) is 5.42. The molecule has 4 nitrogen and oxygen atoms in total. The van der Waals surface area contributed by atoms with Crippen LogP contribution in [0.1, 0.15) is 49.7 Å². The zero-order chi connectivity index (χ0) is 20.9. The van der Waals surface area contributed by atoms with Crippen LogP contribution in [0.15, 0.2) is 48.5 Å². The number of carbonyl (C=O) groups is 1. The number of aromatic nitrogens is 1. The number of pyridine rings is 1. The first-order chi connectivity index (χ1) is 14.6. The van der Waals surface area contributed by atoms with E-state index in [4.69, 9.17) is 5.73 Å². The predicted molar refractivity (Wildman–Crippen MR) is 124 cm³/mol. The molecule has 1 amide bonds. The number of nitrogens with two attached hydrogens (primary N) is 1. The van der Waals surface area contributed by atoms with Crippen molar-refractivity contribution in [2.24, 2.45) is 5.92 Å². The van der Waals surface area contributed by atoms with Gasteiger partial charge in [-0.3, -0.25) is 4.79 Å². The Bertz CT molecular complexity index is 1040. The average molecular weight is 402 g/mol. The summed E-state index contributed by atoms with van der Waals surface area (Å²) in [7, 11) is 0. The Labute approximate surface area is 178 Å². The van der Waals surface area contributed by atoms with E-state index >= 15 is 0 Å². The number of hydrogen-bond donors (Lipinski definition) is 2. The first kappa shape index (κ1) is 20.4. The van der Waals surface area contributed by atoms with Crippen LogP contribution in [-0.2, 0) is 11.2 Å². The Morgan fingerprint density at radius 3 is 2.70 bits per heavy atom. The maximum atomic E-state index is 12.3. The minimum Gasteiger partial charge on any atom is -0.383 e. The number of rotatable bonds is 6. The number of carbonyl (C=O) groups excluding carboxylic acids is 1. The van der Waals surface area contributed by atoms with Crippen LogP contribution in [0.25, 0.3) is 22.0 Å². The summed E-state index contributed by atoms with van der Waals surface area (Å²) < 4.78 is 0. The number of anilines is 1. The van der Waals surface area contributed by atoms with Crippen LogP contribution in [0.4, 0.5) is 5.82 Å². The number of amides is 1. The molecule has 0 radical (unpaired) electrons. The molecule has 30 heavy (non-hydrogen) atoms. The van der Waals surface area contributed by atoms with Crippen molar-refractivity contribution in [1.82, 2.24) is 10.3 Å². The molecule has 4 heteroatoms. The topological polar surface area (TPSA) is 68.0 Å². The molecule has 0 saturated heterocycles. The van der Waals surface area contributed by atoms with Gasteiger partial charge in [-0.15, -0.1) is 0 Å². The second-order valence-corrected chi connectivity index (χ2v) is 8.48. The molecular formula is C26H31N3O. The molecule has 1 aromatic heterocycles.